The summed E-state index contributed by atoms with van der Waals surface area (Å²) in [5.74, 6) is -0.796. The Morgan fingerprint density at radius 1 is 0.938 bits per heavy atom. The van der Waals surface area contributed by atoms with Crippen LogP contribution in [-0.4, -0.2) is 59.5 Å². The van der Waals surface area contributed by atoms with E-state index in [1.807, 2.05) is 51.2 Å². The first-order valence-corrected chi connectivity index (χ1v) is 22.0. The van der Waals surface area contributed by atoms with Crippen LogP contribution in [0.3, 0.4) is 0 Å². The zero-order chi connectivity index (χ0) is 46.0. The molecule has 334 valence electrons. The van der Waals surface area contributed by atoms with Gasteiger partial charge >= 0.3 is 18.0 Å². The van der Waals surface area contributed by atoms with Crippen molar-refractivity contribution in [2.75, 3.05) is 6.61 Å². The molecule has 13 nitrogen and oxygen atoms in total. The quantitative estimate of drug-likeness (QED) is 0.0578. The molecule has 0 aliphatic heterocycles. The van der Waals surface area contributed by atoms with Crippen LogP contribution in [-0.2, 0) is 49.0 Å². The zero-order valence-corrected chi connectivity index (χ0v) is 38.5. The predicted octanol–water partition coefficient (Wildman–Crippen LogP) is 10.5. The number of aromatic carboxylic acids is 1. The Kier molecular flexibility index (Phi) is 13.4. The number of aromatic nitrogens is 5. The molecule has 0 saturated carbocycles. The summed E-state index contributed by atoms with van der Waals surface area (Å²) in [7, 11) is 3.63. The fourth-order valence-corrected chi connectivity index (χ4v) is 9.00. The molecular weight excluding hydrogens is 859 g/mol. The summed E-state index contributed by atoms with van der Waals surface area (Å²) in [6, 6.07) is 21.0. The molecule has 7 rings (SSSR count). The highest BCUT2D eigenvalue weighted by Gasteiger charge is 2.28. The second kappa shape index (κ2) is 18.8. The average Bonchev–Trinajstić information content (AvgIpc) is 3.84. The summed E-state index contributed by atoms with van der Waals surface area (Å²) in [5.41, 5.74) is 6.06. The monoisotopic (exact) mass is 908 g/mol. The number of alkyl carbamates (subject to hydrolysis) is 1. The lowest BCUT2D eigenvalue weighted by atomic mass is 9.95. The number of benzene rings is 4. The van der Waals surface area contributed by atoms with Crippen LogP contribution in [0.1, 0.15) is 81.9 Å². The average molecular weight is 909 g/mol. The summed E-state index contributed by atoms with van der Waals surface area (Å²) in [6.07, 6.45) is -0.157. The smallest absolute Gasteiger partial charge is 0.407 e. The number of halogens is 2. The number of aryl methyl sites for hydroxylation is 5. The normalized spacial score (nSPS) is 11.7. The van der Waals surface area contributed by atoms with Gasteiger partial charge in [0.1, 0.15) is 35.2 Å². The minimum absolute atomic E-state index is 0.0283. The van der Waals surface area contributed by atoms with Gasteiger partial charge in [-0.25, -0.2) is 18.8 Å². The molecule has 0 spiro atoms. The number of amides is 1. The van der Waals surface area contributed by atoms with E-state index in [4.69, 9.17) is 30.9 Å². The highest BCUT2D eigenvalue weighted by atomic mass is 35.5. The van der Waals surface area contributed by atoms with Gasteiger partial charge in [-0.05, 0) is 119 Å². The molecule has 0 bridgehead atoms. The van der Waals surface area contributed by atoms with Crippen LogP contribution in [0.15, 0.2) is 77.7 Å². The van der Waals surface area contributed by atoms with E-state index in [9.17, 15) is 23.9 Å². The molecule has 1 amide bonds. The van der Waals surface area contributed by atoms with Crippen LogP contribution in [0.5, 0.6) is 5.75 Å². The van der Waals surface area contributed by atoms with E-state index in [2.05, 4.69) is 10.4 Å². The SMILES string of the molecule is Cc1cc2c(c(C)c(C(=O)O)n2CCCOc2cc(SCc3cc(COC(=O)c4ccccc4)nn3C)cc3cc(F)ccc23)c(-c2c(CNC(=O)OC(C)(C)C)nn(C)c2C)c1Cl. The van der Waals surface area contributed by atoms with Gasteiger partial charge in [-0.15, -0.1) is 11.8 Å². The second-order valence-electron chi connectivity index (χ2n) is 16.6. The fourth-order valence-electron chi connectivity index (χ4n) is 7.77. The summed E-state index contributed by atoms with van der Waals surface area (Å²) in [4.78, 5) is 39.0. The van der Waals surface area contributed by atoms with E-state index < -0.39 is 23.6 Å². The zero-order valence-electron chi connectivity index (χ0n) is 37.0. The maximum atomic E-state index is 14.6. The summed E-state index contributed by atoms with van der Waals surface area (Å²) >= 11 is 8.65. The largest absolute Gasteiger partial charge is 0.493 e. The Morgan fingerprint density at radius 2 is 1.69 bits per heavy atom. The molecule has 0 radical (unpaired) electrons. The third kappa shape index (κ3) is 9.90. The van der Waals surface area contributed by atoms with Crippen LogP contribution < -0.4 is 10.1 Å². The molecule has 2 N–H and O–H groups in total. The third-order valence-electron chi connectivity index (χ3n) is 10.8. The number of ether oxygens (including phenoxy) is 3. The number of carboxylic acid groups (broad SMARTS) is 1. The Bertz CT molecular complexity index is 2920. The molecule has 0 aliphatic carbocycles. The number of carbonyl (C=O) groups is 3. The van der Waals surface area contributed by atoms with Crippen LogP contribution in [0, 0.1) is 26.6 Å². The van der Waals surface area contributed by atoms with Crippen molar-refractivity contribution in [2.24, 2.45) is 14.1 Å². The van der Waals surface area contributed by atoms with Crippen molar-refractivity contribution >= 4 is 63.1 Å². The number of hydrogen-bond donors (Lipinski definition) is 2. The highest BCUT2D eigenvalue weighted by molar-refractivity contribution is 7.98. The van der Waals surface area contributed by atoms with Crippen LogP contribution in [0.4, 0.5) is 9.18 Å². The first-order chi connectivity index (χ1) is 30.4. The van der Waals surface area contributed by atoms with E-state index in [1.54, 1.807) is 79.0 Å². The van der Waals surface area contributed by atoms with Crippen molar-refractivity contribution < 1.29 is 38.1 Å². The summed E-state index contributed by atoms with van der Waals surface area (Å²) in [5, 5.41) is 25.2. The molecule has 16 heteroatoms. The van der Waals surface area contributed by atoms with Crippen molar-refractivity contribution in [1.82, 2.24) is 29.4 Å². The van der Waals surface area contributed by atoms with Crippen molar-refractivity contribution in [3.8, 4) is 16.9 Å². The molecule has 3 heterocycles. The maximum absolute atomic E-state index is 14.6. The summed E-state index contributed by atoms with van der Waals surface area (Å²) in [6.45, 7) is 11.5. The molecule has 0 saturated heterocycles. The van der Waals surface area contributed by atoms with E-state index in [-0.39, 0.29) is 31.3 Å². The van der Waals surface area contributed by atoms with Crippen LogP contribution in [0.2, 0.25) is 5.02 Å². The first-order valence-electron chi connectivity index (χ1n) is 20.7. The van der Waals surface area contributed by atoms with Gasteiger partial charge in [0.15, 0.2) is 0 Å². The van der Waals surface area contributed by atoms with Crippen molar-refractivity contribution in [3.63, 3.8) is 0 Å². The lowest BCUT2D eigenvalue weighted by Gasteiger charge is -2.19. The summed E-state index contributed by atoms with van der Waals surface area (Å²) < 4.78 is 37.2. The van der Waals surface area contributed by atoms with Gasteiger partial charge in [-0.2, -0.15) is 10.2 Å². The molecule has 7 aromatic rings. The molecule has 64 heavy (non-hydrogen) atoms. The standard InChI is InChI=1S/C48H50ClFN6O7S/c1-27-19-38-40(42(43(27)49)41-29(3)54(7)53-37(41)24-51-47(60)63-48(4,5)6)28(2)44(45(57)58)56(38)17-12-18-61-39-23-35(21-31-20-32(50)15-16-36(31)39)64-26-34-22-33(52-55(34)8)25-62-46(59)30-13-10-9-11-14-30/h9-11,13-16,19-23H,12,17-18,24-26H2,1-8H3,(H,51,60)(H,57,58). The molecule has 0 unspecified atom stereocenters. The lowest BCUT2D eigenvalue weighted by Crippen LogP contribution is -2.32. The van der Waals surface area contributed by atoms with Gasteiger partial charge < -0.3 is 29.2 Å². The van der Waals surface area contributed by atoms with E-state index in [1.165, 1.54) is 23.9 Å². The van der Waals surface area contributed by atoms with Gasteiger partial charge in [0.05, 0.1) is 29.4 Å². The fraction of sp³-hybridized carbons (Fsp3) is 0.312. The van der Waals surface area contributed by atoms with Gasteiger partial charge in [0, 0.05) is 70.1 Å². The number of carbonyl (C=O) groups excluding carboxylic acids is 2. The van der Waals surface area contributed by atoms with Crippen molar-refractivity contribution in [3.05, 3.63) is 129 Å². The van der Waals surface area contributed by atoms with Gasteiger partial charge in [0.2, 0.25) is 0 Å². The van der Waals surface area contributed by atoms with Gasteiger partial charge in [-0.1, -0.05) is 29.8 Å². The minimum atomic E-state index is -1.09. The highest BCUT2D eigenvalue weighted by Crippen LogP contribution is 2.44. The Hall–Kier alpha value is -6.32. The Balaban J connectivity index is 1.11. The van der Waals surface area contributed by atoms with E-state index in [0.29, 0.717) is 79.4 Å². The minimum Gasteiger partial charge on any atom is -0.493 e. The number of carboxylic acids is 1. The Labute approximate surface area is 379 Å². The molecular formula is C48H50ClFN6O7S. The number of nitrogens with zero attached hydrogens (tertiary/aromatic N) is 5. The number of thioether (sulfide) groups is 1. The number of nitrogens with one attached hydrogen (secondary N) is 1. The van der Waals surface area contributed by atoms with Crippen molar-refractivity contribution in [2.45, 2.75) is 83.9 Å². The molecule has 3 aromatic heterocycles. The number of hydrogen-bond acceptors (Lipinski definition) is 9. The Morgan fingerprint density at radius 3 is 2.41 bits per heavy atom. The maximum Gasteiger partial charge on any atom is 0.407 e. The molecule has 0 fully saturated rings. The number of fused-ring (bicyclic) bond motifs is 2. The van der Waals surface area contributed by atoms with Gasteiger partial charge in [-0.3, -0.25) is 9.36 Å². The lowest BCUT2D eigenvalue weighted by molar-refractivity contribution is 0.0465. The molecule has 0 aliphatic rings. The number of rotatable bonds is 15. The molecule has 0 atom stereocenters. The molecule has 4 aromatic carbocycles. The second-order valence-corrected chi connectivity index (χ2v) is 18.0. The topological polar surface area (TPSA) is 152 Å². The predicted molar refractivity (Wildman–Crippen MR) is 246 cm³/mol. The van der Waals surface area contributed by atoms with Crippen molar-refractivity contribution in [1.29, 1.82) is 0 Å². The van der Waals surface area contributed by atoms with Gasteiger partial charge in [0.25, 0.3) is 0 Å². The van der Waals surface area contributed by atoms with E-state index in [0.717, 1.165) is 27.2 Å². The first kappa shape index (κ1) is 45.7. The van der Waals surface area contributed by atoms with E-state index >= 15 is 0 Å². The number of esters is 1. The van der Waals surface area contributed by atoms with Crippen LogP contribution in [0.25, 0.3) is 32.8 Å². The van der Waals surface area contributed by atoms with Crippen LogP contribution >= 0.6 is 23.4 Å². The third-order valence-corrected chi connectivity index (χ3v) is 12.3.